The number of hydrogen-bond acceptors (Lipinski definition) is 0. The maximum Gasteiger partial charge on any atom is -0.0219 e. The molecular formula is C14H28. The molecule has 0 spiro atoms. The quantitative estimate of drug-likeness (QED) is 0.556. The van der Waals surface area contributed by atoms with Gasteiger partial charge in [-0.05, 0) is 11.5 Å². The van der Waals surface area contributed by atoms with Crippen molar-refractivity contribution in [2.24, 2.45) is 0 Å². The lowest BCUT2D eigenvalue weighted by Gasteiger charge is -2.01. The fourth-order valence-corrected chi connectivity index (χ4v) is 0.838. The van der Waals surface area contributed by atoms with E-state index in [1.165, 1.54) is 5.56 Å². The summed E-state index contributed by atoms with van der Waals surface area (Å²) in [7, 11) is 0. The summed E-state index contributed by atoms with van der Waals surface area (Å²) < 4.78 is 0. The molecule has 0 amide bonds. The van der Waals surface area contributed by atoms with Gasteiger partial charge in [-0.25, -0.2) is 0 Å². The highest BCUT2D eigenvalue weighted by Crippen LogP contribution is 2.11. The predicted octanol–water partition coefficient (Wildman–Crippen LogP) is 5.50. The Morgan fingerprint density at radius 3 is 1.36 bits per heavy atom. The maximum absolute atomic E-state index is 2.20. The zero-order chi connectivity index (χ0) is 10.7. The van der Waals surface area contributed by atoms with Crippen LogP contribution in [0.1, 0.15) is 60.5 Å². The maximum atomic E-state index is 2.20. The molecule has 1 aromatic rings. The molecule has 84 valence electrons. The predicted molar refractivity (Wildman–Crippen MR) is 70.0 cm³/mol. The number of benzene rings is 1. The largest absolute Gasteiger partial charge is 0.0776 e. The van der Waals surface area contributed by atoms with Crippen molar-refractivity contribution in [3.8, 4) is 0 Å². The van der Waals surface area contributed by atoms with Gasteiger partial charge in [0.2, 0.25) is 0 Å². The van der Waals surface area contributed by atoms with E-state index in [0.29, 0.717) is 5.92 Å². The van der Waals surface area contributed by atoms with E-state index in [-0.39, 0.29) is 7.43 Å². The Balaban J connectivity index is -0.000000216. The van der Waals surface area contributed by atoms with Crippen molar-refractivity contribution in [1.29, 1.82) is 0 Å². The molecule has 0 aliphatic carbocycles. The Hall–Kier alpha value is -0.780. The van der Waals surface area contributed by atoms with Crippen molar-refractivity contribution in [1.82, 2.24) is 0 Å². The fraction of sp³-hybridized carbons (Fsp3) is 0.571. The van der Waals surface area contributed by atoms with Crippen molar-refractivity contribution in [3.63, 3.8) is 0 Å². The van der Waals surface area contributed by atoms with E-state index in [1.807, 2.05) is 33.8 Å². The minimum atomic E-state index is 0. The number of rotatable bonds is 1. The SMILES string of the molecule is C.CC.CC.CC(C)c1ccccc1. The molecule has 0 saturated carbocycles. The Morgan fingerprint density at radius 2 is 1.14 bits per heavy atom. The second-order valence-corrected chi connectivity index (χ2v) is 2.57. The minimum absolute atomic E-state index is 0. The Morgan fingerprint density at radius 1 is 0.786 bits per heavy atom. The van der Waals surface area contributed by atoms with Gasteiger partial charge in [-0.15, -0.1) is 0 Å². The molecular weight excluding hydrogens is 168 g/mol. The van der Waals surface area contributed by atoms with Gasteiger partial charge in [-0.2, -0.15) is 0 Å². The van der Waals surface area contributed by atoms with Gasteiger partial charge < -0.3 is 0 Å². The van der Waals surface area contributed by atoms with Crippen LogP contribution in [0.5, 0.6) is 0 Å². The lowest BCUT2D eigenvalue weighted by molar-refractivity contribution is 0.867. The van der Waals surface area contributed by atoms with E-state index in [1.54, 1.807) is 0 Å². The highest BCUT2D eigenvalue weighted by atomic mass is 14.0. The van der Waals surface area contributed by atoms with E-state index in [9.17, 15) is 0 Å². The van der Waals surface area contributed by atoms with Gasteiger partial charge in [-0.1, -0.05) is 79.3 Å². The van der Waals surface area contributed by atoms with E-state index < -0.39 is 0 Å². The molecule has 0 aliphatic rings. The average molecular weight is 196 g/mol. The van der Waals surface area contributed by atoms with Crippen LogP contribution in [-0.4, -0.2) is 0 Å². The molecule has 0 heteroatoms. The smallest absolute Gasteiger partial charge is 0.0219 e. The van der Waals surface area contributed by atoms with Crippen LogP contribution >= 0.6 is 0 Å². The van der Waals surface area contributed by atoms with Gasteiger partial charge >= 0.3 is 0 Å². The van der Waals surface area contributed by atoms with E-state index in [0.717, 1.165) is 0 Å². The first-order valence-electron chi connectivity index (χ1n) is 5.35. The molecule has 1 aromatic carbocycles. The number of hydrogen-bond donors (Lipinski definition) is 0. The molecule has 0 heterocycles. The lowest BCUT2D eigenvalue weighted by Crippen LogP contribution is -1.83. The molecule has 0 aliphatic heterocycles. The van der Waals surface area contributed by atoms with E-state index in [4.69, 9.17) is 0 Å². The van der Waals surface area contributed by atoms with Crippen LogP contribution in [-0.2, 0) is 0 Å². The van der Waals surface area contributed by atoms with Crippen LogP contribution in [0, 0.1) is 0 Å². The summed E-state index contributed by atoms with van der Waals surface area (Å²) in [6, 6.07) is 10.5. The third-order valence-corrected chi connectivity index (χ3v) is 1.47. The topological polar surface area (TPSA) is 0 Å². The first-order valence-corrected chi connectivity index (χ1v) is 5.35. The van der Waals surface area contributed by atoms with Crippen molar-refractivity contribution < 1.29 is 0 Å². The second kappa shape index (κ2) is 14.7. The summed E-state index contributed by atoms with van der Waals surface area (Å²) >= 11 is 0. The summed E-state index contributed by atoms with van der Waals surface area (Å²) in [6.45, 7) is 12.4. The van der Waals surface area contributed by atoms with Gasteiger partial charge in [-0.3, -0.25) is 0 Å². The summed E-state index contributed by atoms with van der Waals surface area (Å²) in [6.07, 6.45) is 0. The molecule has 0 saturated heterocycles. The highest BCUT2D eigenvalue weighted by molar-refractivity contribution is 5.17. The van der Waals surface area contributed by atoms with Crippen LogP contribution in [0.15, 0.2) is 30.3 Å². The standard InChI is InChI=1S/C9H12.2C2H6.CH4/c1-8(2)9-6-4-3-5-7-9;2*1-2;/h3-8H,1-2H3;2*1-2H3;1H4. The van der Waals surface area contributed by atoms with Gasteiger partial charge in [0.15, 0.2) is 0 Å². The van der Waals surface area contributed by atoms with Crippen LogP contribution in [0.2, 0.25) is 0 Å². The van der Waals surface area contributed by atoms with Gasteiger partial charge in [0.05, 0.1) is 0 Å². The third-order valence-electron chi connectivity index (χ3n) is 1.47. The Bertz CT molecular complexity index is 163. The summed E-state index contributed by atoms with van der Waals surface area (Å²) in [4.78, 5) is 0. The monoisotopic (exact) mass is 196 g/mol. The Labute approximate surface area is 91.4 Å². The second-order valence-electron chi connectivity index (χ2n) is 2.57. The first-order chi connectivity index (χ1) is 6.30. The average Bonchev–Trinajstić information content (AvgIpc) is 2.25. The molecule has 0 nitrogen and oxygen atoms in total. The molecule has 0 aromatic heterocycles. The van der Waals surface area contributed by atoms with Gasteiger partial charge in [0, 0.05) is 0 Å². The molecule has 0 N–H and O–H groups in total. The third kappa shape index (κ3) is 9.31. The normalized spacial score (nSPS) is 7.36. The summed E-state index contributed by atoms with van der Waals surface area (Å²) in [5, 5.41) is 0. The zero-order valence-corrected chi connectivity index (χ0v) is 9.96. The molecule has 0 unspecified atom stereocenters. The van der Waals surface area contributed by atoms with Crippen LogP contribution in [0.4, 0.5) is 0 Å². The molecule has 0 bridgehead atoms. The zero-order valence-electron chi connectivity index (χ0n) is 9.96. The fourth-order valence-electron chi connectivity index (χ4n) is 0.838. The highest BCUT2D eigenvalue weighted by Gasteiger charge is 1.93. The summed E-state index contributed by atoms with van der Waals surface area (Å²) in [5.74, 6) is 0.659. The first kappa shape index (κ1) is 18.9. The summed E-state index contributed by atoms with van der Waals surface area (Å²) in [5.41, 5.74) is 1.41. The van der Waals surface area contributed by atoms with Crippen molar-refractivity contribution in [3.05, 3.63) is 35.9 Å². The van der Waals surface area contributed by atoms with Crippen LogP contribution in [0.3, 0.4) is 0 Å². The minimum Gasteiger partial charge on any atom is -0.0776 e. The van der Waals surface area contributed by atoms with Gasteiger partial charge in [0.25, 0.3) is 0 Å². The molecule has 0 atom stereocenters. The van der Waals surface area contributed by atoms with Crippen molar-refractivity contribution in [2.45, 2.75) is 54.9 Å². The van der Waals surface area contributed by atoms with Crippen molar-refractivity contribution >= 4 is 0 Å². The molecule has 14 heavy (non-hydrogen) atoms. The van der Waals surface area contributed by atoms with Crippen LogP contribution in [0.25, 0.3) is 0 Å². The molecule has 0 fully saturated rings. The van der Waals surface area contributed by atoms with Crippen molar-refractivity contribution in [2.75, 3.05) is 0 Å². The van der Waals surface area contributed by atoms with Crippen LogP contribution < -0.4 is 0 Å². The van der Waals surface area contributed by atoms with E-state index >= 15 is 0 Å². The van der Waals surface area contributed by atoms with Gasteiger partial charge in [0.1, 0.15) is 0 Å². The Kier molecular flexibility index (Phi) is 19.9. The molecule has 1 rings (SSSR count). The molecule has 0 radical (unpaired) electrons. The lowest BCUT2D eigenvalue weighted by atomic mass is 10.0. The van der Waals surface area contributed by atoms with E-state index in [2.05, 4.69) is 38.1 Å².